The molecule has 0 bridgehead atoms. The average molecular weight is 388 g/mol. The van der Waals surface area contributed by atoms with Gasteiger partial charge in [-0.3, -0.25) is 5.10 Å². The average Bonchev–Trinajstić information content (AvgIpc) is 3.31. The van der Waals surface area contributed by atoms with Gasteiger partial charge < -0.3 is 10.6 Å². The van der Waals surface area contributed by atoms with Crippen molar-refractivity contribution in [3.8, 4) is 0 Å². The van der Waals surface area contributed by atoms with Gasteiger partial charge in [-0.15, -0.1) is 0 Å². The van der Waals surface area contributed by atoms with Gasteiger partial charge in [0.2, 0.25) is 0 Å². The van der Waals surface area contributed by atoms with Crippen molar-refractivity contribution in [2.24, 2.45) is 0 Å². The standard InChI is InChI=1S/C20H19F3N4O/c21-20(22,23)14-7-4-12(5-8-14)13-6-9-15(10-13)25-19(28)26-17-2-1-3-18-16(17)11-24-27-18/h1-5,7-8,11,13,15H,6,9-10H2,(H,24,27)(H2,25,26,28)/t13-,15+/m0/s1. The van der Waals surface area contributed by atoms with E-state index in [1.807, 2.05) is 12.1 Å². The number of nitrogens with one attached hydrogen (secondary N) is 3. The van der Waals surface area contributed by atoms with E-state index in [0.717, 1.165) is 41.4 Å². The Hall–Kier alpha value is -3.03. The number of amides is 2. The Kier molecular flexibility index (Phi) is 4.70. The molecule has 1 fully saturated rings. The van der Waals surface area contributed by atoms with Crippen LogP contribution in [-0.2, 0) is 6.18 Å². The Balaban J connectivity index is 1.35. The lowest BCUT2D eigenvalue weighted by atomic mass is 9.96. The third kappa shape index (κ3) is 3.81. The van der Waals surface area contributed by atoms with Crippen molar-refractivity contribution in [1.82, 2.24) is 15.5 Å². The number of aromatic amines is 1. The van der Waals surface area contributed by atoms with Crippen LogP contribution in [0.2, 0.25) is 0 Å². The molecule has 2 aromatic carbocycles. The van der Waals surface area contributed by atoms with Crippen LogP contribution < -0.4 is 10.6 Å². The molecule has 5 nitrogen and oxygen atoms in total. The van der Waals surface area contributed by atoms with Crippen LogP contribution in [0, 0.1) is 0 Å². The Morgan fingerprint density at radius 3 is 2.64 bits per heavy atom. The highest BCUT2D eigenvalue weighted by Gasteiger charge is 2.31. The van der Waals surface area contributed by atoms with Crippen molar-refractivity contribution < 1.29 is 18.0 Å². The summed E-state index contributed by atoms with van der Waals surface area (Å²) >= 11 is 0. The maximum absolute atomic E-state index is 12.7. The first kappa shape index (κ1) is 18.3. The second kappa shape index (κ2) is 7.18. The second-order valence-corrected chi connectivity index (χ2v) is 7.06. The van der Waals surface area contributed by atoms with Gasteiger partial charge >= 0.3 is 12.2 Å². The van der Waals surface area contributed by atoms with E-state index in [9.17, 15) is 18.0 Å². The molecule has 3 N–H and O–H groups in total. The molecule has 2 amide bonds. The van der Waals surface area contributed by atoms with Gasteiger partial charge in [0.1, 0.15) is 0 Å². The molecule has 1 aromatic heterocycles. The molecule has 1 heterocycles. The predicted octanol–water partition coefficient (Wildman–Crippen LogP) is 5.04. The number of urea groups is 1. The summed E-state index contributed by atoms with van der Waals surface area (Å²) in [6.45, 7) is 0. The van der Waals surface area contributed by atoms with Crippen LogP contribution in [0.3, 0.4) is 0 Å². The number of hydrogen-bond donors (Lipinski definition) is 3. The van der Waals surface area contributed by atoms with Gasteiger partial charge in [0.15, 0.2) is 0 Å². The van der Waals surface area contributed by atoms with Crippen molar-refractivity contribution in [3.63, 3.8) is 0 Å². The fraction of sp³-hybridized carbons (Fsp3) is 0.300. The minimum absolute atomic E-state index is 0.0177. The summed E-state index contributed by atoms with van der Waals surface area (Å²) < 4.78 is 38.1. The van der Waals surface area contributed by atoms with Crippen molar-refractivity contribution in [2.45, 2.75) is 37.4 Å². The van der Waals surface area contributed by atoms with Gasteiger partial charge in [0.25, 0.3) is 0 Å². The quantitative estimate of drug-likeness (QED) is 0.588. The van der Waals surface area contributed by atoms with Crippen LogP contribution in [0.1, 0.15) is 36.3 Å². The number of H-pyrrole nitrogens is 1. The molecule has 0 spiro atoms. The first-order valence-electron chi connectivity index (χ1n) is 9.07. The first-order chi connectivity index (χ1) is 13.4. The van der Waals surface area contributed by atoms with Crippen molar-refractivity contribution in [3.05, 3.63) is 59.8 Å². The number of halogens is 3. The van der Waals surface area contributed by atoms with E-state index in [1.54, 1.807) is 12.3 Å². The third-order valence-electron chi connectivity index (χ3n) is 5.21. The van der Waals surface area contributed by atoms with Crippen LogP contribution >= 0.6 is 0 Å². The Morgan fingerprint density at radius 2 is 1.89 bits per heavy atom. The molecule has 0 unspecified atom stereocenters. The molecule has 8 heteroatoms. The van der Waals surface area contributed by atoms with E-state index >= 15 is 0 Å². The van der Waals surface area contributed by atoms with Gasteiger partial charge in [-0.25, -0.2) is 4.79 Å². The molecule has 2 atom stereocenters. The topological polar surface area (TPSA) is 69.8 Å². The summed E-state index contributed by atoms with van der Waals surface area (Å²) in [4.78, 5) is 12.4. The van der Waals surface area contributed by atoms with Gasteiger partial charge in [0, 0.05) is 11.4 Å². The van der Waals surface area contributed by atoms with Crippen LogP contribution in [-0.4, -0.2) is 22.3 Å². The van der Waals surface area contributed by atoms with Crippen molar-refractivity contribution in [1.29, 1.82) is 0 Å². The summed E-state index contributed by atoms with van der Waals surface area (Å²) in [5.74, 6) is 0.143. The zero-order chi connectivity index (χ0) is 19.7. The molecule has 146 valence electrons. The molecule has 1 saturated carbocycles. The lowest BCUT2D eigenvalue weighted by Crippen LogP contribution is -2.36. The smallest absolute Gasteiger partial charge is 0.335 e. The number of carbonyl (C=O) groups is 1. The number of hydrogen-bond acceptors (Lipinski definition) is 2. The summed E-state index contributed by atoms with van der Waals surface area (Å²) in [7, 11) is 0. The number of aromatic nitrogens is 2. The summed E-state index contributed by atoms with van der Waals surface area (Å²) in [6.07, 6.45) is -0.354. The summed E-state index contributed by atoms with van der Waals surface area (Å²) in [5, 5.41) is 13.4. The molecular formula is C20H19F3N4O. The molecule has 1 aliphatic carbocycles. The number of carbonyl (C=O) groups excluding carboxylic acids is 1. The molecular weight excluding hydrogens is 369 g/mol. The van der Waals surface area contributed by atoms with Crippen LogP contribution in [0.25, 0.3) is 10.9 Å². The molecule has 1 aliphatic rings. The second-order valence-electron chi connectivity index (χ2n) is 7.06. The van der Waals surface area contributed by atoms with Crippen LogP contribution in [0.15, 0.2) is 48.7 Å². The number of nitrogens with zero attached hydrogens (tertiary/aromatic N) is 1. The number of anilines is 1. The lowest BCUT2D eigenvalue weighted by molar-refractivity contribution is -0.137. The van der Waals surface area contributed by atoms with Crippen LogP contribution in [0.5, 0.6) is 0 Å². The van der Waals surface area contributed by atoms with E-state index in [-0.39, 0.29) is 18.0 Å². The monoisotopic (exact) mass is 388 g/mol. The van der Waals surface area contributed by atoms with Gasteiger partial charge in [0.05, 0.1) is 23.0 Å². The SMILES string of the molecule is O=C(Nc1cccc2[nH]ncc12)N[C@@H]1CC[C@H](c2ccc(C(F)(F)F)cc2)C1. The van der Waals surface area contributed by atoms with E-state index in [1.165, 1.54) is 12.1 Å². The van der Waals surface area contributed by atoms with Crippen LogP contribution in [0.4, 0.5) is 23.7 Å². The normalized spacial score (nSPS) is 19.7. The Morgan fingerprint density at radius 1 is 1.11 bits per heavy atom. The highest BCUT2D eigenvalue weighted by Crippen LogP contribution is 2.36. The fourth-order valence-corrected chi connectivity index (χ4v) is 3.78. The zero-order valence-electron chi connectivity index (χ0n) is 14.9. The van der Waals surface area contributed by atoms with E-state index in [0.29, 0.717) is 12.1 Å². The van der Waals surface area contributed by atoms with E-state index in [2.05, 4.69) is 20.8 Å². The minimum atomic E-state index is -4.33. The highest BCUT2D eigenvalue weighted by atomic mass is 19.4. The molecule has 0 aliphatic heterocycles. The zero-order valence-corrected chi connectivity index (χ0v) is 14.9. The Bertz CT molecular complexity index is 981. The third-order valence-corrected chi connectivity index (χ3v) is 5.21. The van der Waals surface area contributed by atoms with E-state index in [4.69, 9.17) is 0 Å². The lowest BCUT2D eigenvalue weighted by Gasteiger charge is -2.15. The van der Waals surface area contributed by atoms with Crippen molar-refractivity contribution >= 4 is 22.6 Å². The van der Waals surface area contributed by atoms with Gasteiger partial charge in [-0.05, 0) is 55.0 Å². The number of fused-ring (bicyclic) bond motifs is 1. The van der Waals surface area contributed by atoms with Gasteiger partial charge in [-0.2, -0.15) is 18.3 Å². The molecule has 3 aromatic rings. The highest BCUT2D eigenvalue weighted by molar-refractivity contribution is 6.00. The number of alkyl halides is 3. The maximum Gasteiger partial charge on any atom is 0.416 e. The maximum atomic E-state index is 12.7. The summed E-state index contributed by atoms with van der Waals surface area (Å²) in [5.41, 5.74) is 1.74. The minimum Gasteiger partial charge on any atom is -0.335 e. The predicted molar refractivity (Wildman–Crippen MR) is 100 cm³/mol. The molecule has 0 saturated heterocycles. The van der Waals surface area contributed by atoms with E-state index < -0.39 is 11.7 Å². The van der Waals surface area contributed by atoms with Crippen molar-refractivity contribution in [2.75, 3.05) is 5.32 Å². The summed E-state index contributed by atoms with van der Waals surface area (Å²) in [6, 6.07) is 10.5. The van der Waals surface area contributed by atoms with Gasteiger partial charge in [-0.1, -0.05) is 18.2 Å². The molecule has 0 radical (unpaired) electrons. The Labute approximate surface area is 159 Å². The molecule has 4 rings (SSSR count). The fourth-order valence-electron chi connectivity index (χ4n) is 3.78. The molecule has 28 heavy (non-hydrogen) atoms. The number of rotatable bonds is 3. The number of benzene rings is 2. The first-order valence-corrected chi connectivity index (χ1v) is 9.07. The largest absolute Gasteiger partial charge is 0.416 e.